The first kappa shape index (κ1) is 30.5. The third kappa shape index (κ3) is 8.52. The molecule has 0 saturated heterocycles. The number of thiophene rings is 1. The minimum Gasteiger partial charge on any atom is -0.397 e. The molecule has 1 unspecified atom stereocenters. The van der Waals surface area contributed by atoms with Gasteiger partial charge in [0.1, 0.15) is 0 Å². The predicted molar refractivity (Wildman–Crippen MR) is 190 cm³/mol. The van der Waals surface area contributed by atoms with Crippen molar-refractivity contribution in [1.29, 1.82) is 0 Å². The van der Waals surface area contributed by atoms with Crippen LogP contribution in [-0.2, 0) is 19.4 Å². The summed E-state index contributed by atoms with van der Waals surface area (Å²) in [6.45, 7) is 13.8. The molecule has 222 valence electrons. The number of nitrogen functional groups attached to an aromatic ring is 1. The summed E-state index contributed by atoms with van der Waals surface area (Å²) in [4.78, 5) is 1.20. The summed E-state index contributed by atoms with van der Waals surface area (Å²) in [7, 11) is 0. The molecule has 0 spiro atoms. The van der Waals surface area contributed by atoms with Gasteiger partial charge < -0.3 is 21.7 Å². The fourth-order valence-electron chi connectivity index (χ4n) is 5.03. The molecule has 4 aromatic carbocycles. The number of hydrogen-bond acceptors (Lipinski definition) is 5. The average molecular weight is 597 g/mol. The van der Waals surface area contributed by atoms with Gasteiger partial charge in [-0.15, -0.1) is 11.3 Å². The maximum Gasteiger partial charge on any atom is 0.0690 e. The van der Waals surface area contributed by atoms with Crippen molar-refractivity contribution in [3.05, 3.63) is 174 Å². The second kappa shape index (κ2) is 14.9. The van der Waals surface area contributed by atoms with Crippen LogP contribution in [0.5, 0.6) is 0 Å². The van der Waals surface area contributed by atoms with Crippen molar-refractivity contribution in [1.82, 2.24) is 10.6 Å². The van der Waals surface area contributed by atoms with E-state index >= 15 is 0 Å². The van der Waals surface area contributed by atoms with E-state index in [2.05, 4.69) is 132 Å². The van der Waals surface area contributed by atoms with E-state index in [0.717, 1.165) is 59.7 Å². The maximum atomic E-state index is 6.30. The van der Waals surface area contributed by atoms with Gasteiger partial charge in [-0.25, -0.2) is 0 Å². The molecule has 1 atom stereocenters. The molecule has 0 aliphatic carbocycles. The standard InChI is InChI=1S/C39H40N4S/c1-28(16-17-31-11-6-4-7-12-31)42-37(30(3)41-27-33-13-8-5-9-14-33)25-32-18-20-34(21-19-32)29(2)43-38-26-35(22-23-36(38)40)39-15-10-24-44-39/h4-15,18-24,26,37,41-43H,1-3,16-17,25,27,40H2. The molecule has 0 saturated carbocycles. The van der Waals surface area contributed by atoms with Crippen molar-refractivity contribution >= 4 is 28.4 Å². The minimum absolute atomic E-state index is 0.0195. The van der Waals surface area contributed by atoms with Gasteiger partial charge in [-0.3, -0.25) is 0 Å². The van der Waals surface area contributed by atoms with Gasteiger partial charge in [-0.1, -0.05) is 117 Å². The van der Waals surface area contributed by atoms with Crippen LogP contribution in [0.2, 0.25) is 0 Å². The summed E-state index contributed by atoms with van der Waals surface area (Å²) < 4.78 is 0. The van der Waals surface area contributed by atoms with Crippen molar-refractivity contribution in [2.45, 2.75) is 31.8 Å². The van der Waals surface area contributed by atoms with E-state index in [9.17, 15) is 0 Å². The Morgan fingerprint density at radius 3 is 2.14 bits per heavy atom. The summed E-state index contributed by atoms with van der Waals surface area (Å²) in [6, 6.07) is 39.6. The van der Waals surface area contributed by atoms with Crippen LogP contribution in [0.1, 0.15) is 28.7 Å². The molecule has 0 aliphatic rings. The molecule has 0 aliphatic heterocycles. The Kier molecular flexibility index (Phi) is 10.3. The zero-order chi connectivity index (χ0) is 30.7. The van der Waals surface area contributed by atoms with Gasteiger partial charge in [0, 0.05) is 28.5 Å². The zero-order valence-electron chi connectivity index (χ0n) is 25.1. The van der Waals surface area contributed by atoms with Gasteiger partial charge >= 0.3 is 0 Å². The second-order valence-corrected chi connectivity index (χ2v) is 11.9. The van der Waals surface area contributed by atoms with E-state index in [1.807, 2.05) is 24.3 Å². The Balaban J connectivity index is 1.24. The van der Waals surface area contributed by atoms with E-state index in [1.165, 1.54) is 21.6 Å². The molecule has 0 bridgehead atoms. The van der Waals surface area contributed by atoms with Crippen LogP contribution in [0.15, 0.2) is 152 Å². The Morgan fingerprint density at radius 2 is 1.45 bits per heavy atom. The summed E-state index contributed by atoms with van der Waals surface area (Å²) >= 11 is 1.71. The Hall–Kier alpha value is -5.00. The highest BCUT2D eigenvalue weighted by molar-refractivity contribution is 7.13. The van der Waals surface area contributed by atoms with Gasteiger partial charge in [0.2, 0.25) is 0 Å². The topological polar surface area (TPSA) is 62.1 Å². The van der Waals surface area contributed by atoms with Gasteiger partial charge in [0.15, 0.2) is 0 Å². The quantitative estimate of drug-likeness (QED) is 0.0911. The van der Waals surface area contributed by atoms with Crippen LogP contribution in [0.4, 0.5) is 11.4 Å². The number of benzene rings is 4. The highest BCUT2D eigenvalue weighted by Crippen LogP contribution is 2.31. The Bertz CT molecular complexity index is 1670. The number of hydrogen-bond donors (Lipinski definition) is 4. The lowest BCUT2D eigenvalue weighted by molar-refractivity contribution is 0.571. The van der Waals surface area contributed by atoms with Crippen LogP contribution in [0, 0.1) is 0 Å². The largest absolute Gasteiger partial charge is 0.397 e. The highest BCUT2D eigenvalue weighted by Gasteiger charge is 2.15. The van der Waals surface area contributed by atoms with Crippen LogP contribution < -0.4 is 21.7 Å². The molecule has 1 aromatic heterocycles. The van der Waals surface area contributed by atoms with Crippen LogP contribution in [0.25, 0.3) is 16.1 Å². The lowest BCUT2D eigenvalue weighted by atomic mass is 10.00. The summed E-state index contributed by atoms with van der Waals surface area (Å²) in [6.07, 6.45) is 2.56. The lowest BCUT2D eigenvalue weighted by Gasteiger charge is -2.25. The van der Waals surface area contributed by atoms with E-state index in [-0.39, 0.29) is 6.04 Å². The second-order valence-electron chi connectivity index (χ2n) is 10.9. The lowest BCUT2D eigenvalue weighted by Crippen LogP contribution is -2.37. The Morgan fingerprint density at radius 1 is 0.750 bits per heavy atom. The summed E-state index contributed by atoms with van der Waals surface area (Å²) in [5.74, 6) is 0. The van der Waals surface area contributed by atoms with E-state index in [0.29, 0.717) is 5.69 Å². The molecular weight excluding hydrogens is 557 g/mol. The molecule has 1 heterocycles. The first-order chi connectivity index (χ1) is 21.4. The molecule has 5 N–H and O–H groups in total. The molecule has 0 amide bonds. The fraction of sp³-hybridized carbons (Fsp3) is 0.128. The maximum absolute atomic E-state index is 6.30. The van der Waals surface area contributed by atoms with Crippen LogP contribution >= 0.6 is 11.3 Å². The number of aryl methyl sites for hydroxylation is 1. The van der Waals surface area contributed by atoms with E-state index in [4.69, 9.17) is 5.73 Å². The molecule has 5 rings (SSSR count). The normalized spacial score (nSPS) is 11.4. The van der Waals surface area contributed by atoms with Crippen molar-refractivity contribution in [3.63, 3.8) is 0 Å². The number of rotatable bonds is 15. The SMILES string of the molecule is C=C(CCc1ccccc1)NC(Cc1ccc(C(=C)Nc2cc(-c3cccs3)ccc2N)cc1)C(=C)NCc1ccccc1. The number of nitrogens with one attached hydrogen (secondary N) is 3. The van der Waals surface area contributed by atoms with Gasteiger partial charge in [0.25, 0.3) is 0 Å². The Labute approximate surface area is 265 Å². The van der Waals surface area contributed by atoms with Crippen LogP contribution in [-0.4, -0.2) is 6.04 Å². The molecule has 4 nitrogen and oxygen atoms in total. The number of allylic oxidation sites excluding steroid dienone is 1. The smallest absolute Gasteiger partial charge is 0.0690 e. The van der Waals surface area contributed by atoms with Crippen molar-refractivity contribution < 1.29 is 0 Å². The van der Waals surface area contributed by atoms with Crippen LogP contribution in [0.3, 0.4) is 0 Å². The molecule has 5 aromatic rings. The third-order valence-corrected chi connectivity index (χ3v) is 8.53. The molecule has 0 radical (unpaired) electrons. The molecule has 5 heteroatoms. The van der Waals surface area contributed by atoms with Crippen molar-refractivity contribution in [2.75, 3.05) is 11.1 Å². The summed E-state index contributed by atoms with van der Waals surface area (Å²) in [5, 5.41) is 12.7. The predicted octanol–water partition coefficient (Wildman–Crippen LogP) is 9.03. The van der Waals surface area contributed by atoms with Gasteiger partial charge in [0.05, 0.1) is 17.4 Å². The van der Waals surface area contributed by atoms with Gasteiger partial charge in [-0.05, 0) is 70.7 Å². The minimum atomic E-state index is -0.0195. The van der Waals surface area contributed by atoms with Crippen molar-refractivity contribution in [2.24, 2.45) is 0 Å². The average Bonchev–Trinajstić information content (AvgIpc) is 3.60. The monoisotopic (exact) mass is 596 g/mol. The summed E-state index contributed by atoms with van der Waals surface area (Å²) in [5.41, 5.74) is 16.4. The molecule has 0 fully saturated rings. The number of anilines is 2. The van der Waals surface area contributed by atoms with E-state index in [1.54, 1.807) is 11.3 Å². The zero-order valence-corrected chi connectivity index (χ0v) is 25.9. The molecule has 44 heavy (non-hydrogen) atoms. The molecular formula is C39H40N4S. The third-order valence-electron chi connectivity index (χ3n) is 7.61. The number of nitrogens with two attached hydrogens (primary N) is 1. The van der Waals surface area contributed by atoms with Gasteiger partial charge in [-0.2, -0.15) is 0 Å². The van der Waals surface area contributed by atoms with Crippen molar-refractivity contribution in [3.8, 4) is 10.4 Å². The highest BCUT2D eigenvalue weighted by atomic mass is 32.1. The van der Waals surface area contributed by atoms with E-state index < -0.39 is 0 Å². The first-order valence-electron chi connectivity index (χ1n) is 14.9. The first-order valence-corrected chi connectivity index (χ1v) is 15.8. The fourth-order valence-corrected chi connectivity index (χ4v) is 5.75.